The second-order valence-electron chi connectivity index (χ2n) is 5.18. The summed E-state index contributed by atoms with van der Waals surface area (Å²) >= 11 is 1.89. The van der Waals surface area contributed by atoms with Crippen LogP contribution in [0.4, 0.5) is 0 Å². The molecule has 0 aromatic heterocycles. The fraction of sp³-hybridized carbons (Fsp3) is 0.909. The predicted octanol–water partition coefficient (Wildman–Crippen LogP) is 2.73. The van der Waals surface area contributed by atoms with Gasteiger partial charge in [-0.05, 0) is 28.8 Å². The van der Waals surface area contributed by atoms with Gasteiger partial charge in [0.25, 0.3) is 0 Å². The van der Waals surface area contributed by atoms with Gasteiger partial charge >= 0.3 is 5.97 Å². The van der Waals surface area contributed by atoms with Crippen molar-refractivity contribution in [2.24, 2.45) is 23.2 Å². The molecule has 0 saturated heterocycles. The van der Waals surface area contributed by atoms with E-state index in [1.165, 1.54) is 0 Å². The highest BCUT2D eigenvalue weighted by atomic mass is 32.2. The van der Waals surface area contributed by atoms with Crippen molar-refractivity contribution < 1.29 is 9.90 Å². The maximum Gasteiger partial charge on any atom is 0.307 e. The lowest BCUT2D eigenvalue weighted by atomic mass is 10.1. The van der Waals surface area contributed by atoms with Gasteiger partial charge in [0.1, 0.15) is 0 Å². The van der Waals surface area contributed by atoms with Crippen LogP contribution in [0.5, 0.6) is 0 Å². The van der Waals surface area contributed by atoms with E-state index in [1.807, 2.05) is 11.8 Å². The highest BCUT2D eigenvalue weighted by Gasteiger charge is 2.61. The molecule has 2 atom stereocenters. The molecule has 1 saturated carbocycles. The lowest BCUT2D eigenvalue weighted by Gasteiger charge is -2.04. The smallest absolute Gasteiger partial charge is 0.307 e. The largest absolute Gasteiger partial charge is 0.481 e. The van der Waals surface area contributed by atoms with Crippen LogP contribution < -0.4 is 0 Å². The molecule has 14 heavy (non-hydrogen) atoms. The van der Waals surface area contributed by atoms with E-state index >= 15 is 0 Å². The van der Waals surface area contributed by atoms with Gasteiger partial charge in [-0.25, -0.2) is 0 Å². The summed E-state index contributed by atoms with van der Waals surface area (Å²) in [5, 5.41) is 8.96. The van der Waals surface area contributed by atoms with Crippen molar-refractivity contribution in [3.8, 4) is 0 Å². The maximum atomic E-state index is 10.9. The average molecular weight is 216 g/mol. The number of carbonyl (C=O) groups is 1. The minimum absolute atomic E-state index is 0.0236. The molecule has 2 nitrogen and oxygen atoms in total. The van der Waals surface area contributed by atoms with Gasteiger partial charge in [0.05, 0.1) is 5.92 Å². The van der Waals surface area contributed by atoms with Crippen LogP contribution in [0.2, 0.25) is 0 Å². The van der Waals surface area contributed by atoms with Crippen molar-refractivity contribution in [3.63, 3.8) is 0 Å². The Morgan fingerprint density at radius 1 is 1.50 bits per heavy atom. The lowest BCUT2D eigenvalue weighted by Crippen LogP contribution is -2.03. The fourth-order valence-corrected chi connectivity index (χ4v) is 3.46. The quantitative estimate of drug-likeness (QED) is 0.768. The minimum Gasteiger partial charge on any atom is -0.481 e. The highest BCUT2D eigenvalue weighted by molar-refractivity contribution is 7.99. The van der Waals surface area contributed by atoms with Crippen LogP contribution in [0.3, 0.4) is 0 Å². The molecule has 0 spiro atoms. The van der Waals surface area contributed by atoms with E-state index in [1.54, 1.807) is 0 Å². The van der Waals surface area contributed by atoms with E-state index in [0.29, 0.717) is 11.8 Å². The summed E-state index contributed by atoms with van der Waals surface area (Å²) in [5.74, 6) is 2.49. The molecular weight excluding hydrogens is 196 g/mol. The Labute approximate surface area is 90.5 Å². The molecule has 0 aromatic rings. The summed E-state index contributed by atoms with van der Waals surface area (Å²) in [7, 11) is 0. The number of aliphatic carboxylic acids is 1. The Hall–Kier alpha value is -0.180. The Morgan fingerprint density at radius 3 is 2.43 bits per heavy atom. The van der Waals surface area contributed by atoms with Crippen molar-refractivity contribution in [1.82, 2.24) is 0 Å². The van der Waals surface area contributed by atoms with Crippen LogP contribution in [0, 0.1) is 23.2 Å². The first kappa shape index (κ1) is 11.9. The van der Waals surface area contributed by atoms with Gasteiger partial charge in [0, 0.05) is 0 Å². The summed E-state index contributed by atoms with van der Waals surface area (Å²) in [5.41, 5.74) is 0.0236. The van der Waals surface area contributed by atoms with Gasteiger partial charge in [0.15, 0.2) is 0 Å². The standard InChI is InChI=1S/C11H20O2S/c1-7(2)5-14-6-8-9(10(12)13)11(8,3)4/h7-9H,5-6H2,1-4H3,(H,12,13). The fourth-order valence-electron chi connectivity index (χ4n) is 1.98. The Kier molecular flexibility index (Phi) is 3.51. The Bertz CT molecular complexity index is 223. The number of hydrogen-bond acceptors (Lipinski definition) is 2. The van der Waals surface area contributed by atoms with Crippen molar-refractivity contribution in [2.45, 2.75) is 27.7 Å². The molecule has 0 radical (unpaired) electrons. The van der Waals surface area contributed by atoms with Crippen LogP contribution >= 0.6 is 11.8 Å². The summed E-state index contributed by atoms with van der Waals surface area (Å²) in [6, 6.07) is 0. The highest BCUT2D eigenvalue weighted by Crippen LogP contribution is 2.59. The van der Waals surface area contributed by atoms with Crippen molar-refractivity contribution in [1.29, 1.82) is 0 Å². The second kappa shape index (κ2) is 4.13. The van der Waals surface area contributed by atoms with E-state index in [9.17, 15) is 4.79 Å². The predicted molar refractivity (Wildman–Crippen MR) is 60.6 cm³/mol. The first-order valence-electron chi connectivity index (χ1n) is 5.18. The molecule has 1 rings (SSSR count). The molecule has 82 valence electrons. The normalized spacial score (nSPS) is 29.2. The molecule has 0 aliphatic heterocycles. The second-order valence-corrected chi connectivity index (χ2v) is 6.25. The zero-order valence-corrected chi connectivity index (χ0v) is 10.2. The van der Waals surface area contributed by atoms with Gasteiger partial charge in [0.2, 0.25) is 0 Å². The molecule has 0 bridgehead atoms. The third-order valence-corrected chi connectivity index (χ3v) is 4.56. The summed E-state index contributed by atoms with van der Waals surface area (Å²) in [4.78, 5) is 10.9. The third kappa shape index (κ3) is 2.44. The molecule has 1 N–H and O–H groups in total. The van der Waals surface area contributed by atoms with Crippen LogP contribution in [-0.2, 0) is 4.79 Å². The Morgan fingerprint density at radius 2 is 2.07 bits per heavy atom. The van der Waals surface area contributed by atoms with Gasteiger partial charge in [-0.1, -0.05) is 27.7 Å². The van der Waals surface area contributed by atoms with Gasteiger partial charge < -0.3 is 5.11 Å². The number of rotatable bonds is 5. The molecule has 3 heteroatoms. The van der Waals surface area contributed by atoms with E-state index in [-0.39, 0.29) is 11.3 Å². The summed E-state index contributed by atoms with van der Waals surface area (Å²) < 4.78 is 0. The lowest BCUT2D eigenvalue weighted by molar-refractivity contribution is -0.139. The van der Waals surface area contributed by atoms with Crippen molar-refractivity contribution in [2.75, 3.05) is 11.5 Å². The van der Waals surface area contributed by atoms with Crippen molar-refractivity contribution in [3.05, 3.63) is 0 Å². The van der Waals surface area contributed by atoms with E-state index in [4.69, 9.17) is 5.11 Å². The molecule has 1 aliphatic rings. The van der Waals surface area contributed by atoms with Gasteiger partial charge in [-0.2, -0.15) is 11.8 Å². The molecular formula is C11H20O2S. The molecule has 1 aliphatic carbocycles. The van der Waals surface area contributed by atoms with Gasteiger partial charge in [-0.15, -0.1) is 0 Å². The molecule has 0 aromatic carbocycles. The number of hydrogen-bond donors (Lipinski definition) is 1. The van der Waals surface area contributed by atoms with E-state index in [0.717, 1.165) is 11.5 Å². The first-order chi connectivity index (χ1) is 6.37. The van der Waals surface area contributed by atoms with Crippen LogP contribution in [0.15, 0.2) is 0 Å². The third-order valence-electron chi connectivity index (χ3n) is 3.07. The van der Waals surface area contributed by atoms with Crippen LogP contribution in [0.25, 0.3) is 0 Å². The van der Waals surface area contributed by atoms with Gasteiger partial charge in [-0.3, -0.25) is 4.79 Å². The zero-order chi connectivity index (χ0) is 10.9. The average Bonchev–Trinajstić information content (AvgIpc) is 2.52. The minimum atomic E-state index is -0.620. The van der Waals surface area contributed by atoms with Crippen molar-refractivity contribution >= 4 is 17.7 Å². The molecule has 2 unspecified atom stereocenters. The Balaban J connectivity index is 2.31. The summed E-state index contributed by atoms with van der Waals surface area (Å²) in [6.45, 7) is 8.51. The van der Waals surface area contributed by atoms with Crippen LogP contribution in [-0.4, -0.2) is 22.6 Å². The topological polar surface area (TPSA) is 37.3 Å². The number of carboxylic acids is 1. The zero-order valence-electron chi connectivity index (χ0n) is 9.41. The van der Waals surface area contributed by atoms with E-state index < -0.39 is 5.97 Å². The maximum absolute atomic E-state index is 10.9. The van der Waals surface area contributed by atoms with Crippen LogP contribution in [0.1, 0.15) is 27.7 Å². The molecule has 0 amide bonds. The van der Waals surface area contributed by atoms with E-state index in [2.05, 4.69) is 27.7 Å². The number of thioether (sulfide) groups is 1. The number of carboxylic acid groups (broad SMARTS) is 1. The molecule has 0 heterocycles. The first-order valence-corrected chi connectivity index (χ1v) is 6.33. The SMILES string of the molecule is CC(C)CSCC1C(C(=O)O)C1(C)C. The molecule has 1 fully saturated rings. The summed E-state index contributed by atoms with van der Waals surface area (Å²) in [6.07, 6.45) is 0. The monoisotopic (exact) mass is 216 g/mol.